The van der Waals surface area contributed by atoms with Gasteiger partial charge < -0.3 is 14.8 Å². The van der Waals surface area contributed by atoms with Gasteiger partial charge in [0, 0.05) is 6.04 Å². The van der Waals surface area contributed by atoms with Gasteiger partial charge in [-0.2, -0.15) is 0 Å². The lowest BCUT2D eigenvalue weighted by molar-refractivity contribution is -0.146. The molecule has 0 radical (unpaired) electrons. The van der Waals surface area contributed by atoms with E-state index in [0.717, 1.165) is 4.88 Å². The molecule has 6 nitrogen and oxygen atoms in total. The first-order valence-corrected chi connectivity index (χ1v) is 7.50. The van der Waals surface area contributed by atoms with Crippen molar-refractivity contribution in [3.8, 4) is 10.8 Å². The number of thiophene rings is 1. The number of rotatable bonds is 5. The summed E-state index contributed by atoms with van der Waals surface area (Å²) >= 11 is 1.52. The Kier molecular flexibility index (Phi) is 3.74. The molecule has 1 amide bonds. The molecule has 2 N–H and O–H groups in total. The first kappa shape index (κ1) is 13.8. The third kappa shape index (κ3) is 3.13. The molecule has 2 aromatic rings. The van der Waals surface area contributed by atoms with Gasteiger partial charge in [-0.1, -0.05) is 6.07 Å². The fourth-order valence-electron chi connectivity index (χ4n) is 2.28. The zero-order chi connectivity index (χ0) is 14.8. The van der Waals surface area contributed by atoms with Gasteiger partial charge in [-0.05, 0) is 24.3 Å². The molecule has 0 unspecified atom stereocenters. The van der Waals surface area contributed by atoms with E-state index in [1.165, 1.54) is 17.6 Å². The Balaban J connectivity index is 1.51. The lowest BCUT2D eigenvalue weighted by atomic mass is 9.80. The highest BCUT2D eigenvalue weighted by atomic mass is 32.1. The lowest BCUT2D eigenvalue weighted by Gasteiger charge is -2.32. The fourth-order valence-corrected chi connectivity index (χ4v) is 2.94. The predicted molar refractivity (Wildman–Crippen MR) is 75.8 cm³/mol. The molecule has 1 aliphatic rings. The summed E-state index contributed by atoms with van der Waals surface area (Å²) in [5, 5.41) is 13.5. The van der Waals surface area contributed by atoms with Crippen LogP contribution in [0.4, 0.5) is 0 Å². The van der Waals surface area contributed by atoms with Gasteiger partial charge in [-0.25, -0.2) is 4.98 Å². The van der Waals surface area contributed by atoms with Crippen LogP contribution < -0.4 is 5.32 Å². The van der Waals surface area contributed by atoms with Crippen LogP contribution in [0.25, 0.3) is 10.8 Å². The van der Waals surface area contributed by atoms with E-state index in [4.69, 9.17) is 9.52 Å². The summed E-state index contributed by atoms with van der Waals surface area (Å²) in [6, 6.07) is 3.77. The predicted octanol–water partition coefficient (Wildman–Crippen LogP) is 1.93. The molecule has 3 rings (SSSR count). The molecule has 0 saturated heterocycles. The van der Waals surface area contributed by atoms with Crippen LogP contribution >= 0.6 is 11.3 Å². The van der Waals surface area contributed by atoms with Gasteiger partial charge in [0.25, 0.3) is 0 Å². The van der Waals surface area contributed by atoms with E-state index in [9.17, 15) is 9.59 Å². The summed E-state index contributed by atoms with van der Waals surface area (Å²) in [6.07, 6.45) is 2.62. The number of hydrogen-bond acceptors (Lipinski definition) is 5. The van der Waals surface area contributed by atoms with Gasteiger partial charge in [0.2, 0.25) is 11.8 Å². The minimum atomic E-state index is -0.794. The Labute approximate surface area is 124 Å². The van der Waals surface area contributed by atoms with Crippen molar-refractivity contribution in [3.63, 3.8) is 0 Å². The molecule has 0 aromatic carbocycles. The number of carboxylic acid groups (broad SMARTS) is 1. The maximum atomic E-state index is 11.9. The van der Waals surface area contributed by atoms with E-state index < -0.39 is 5.97 Å². The zero-order valence-corrected chi connectivity index (χ0v) is 11.9. The Morgan fingerprint density at radius 2 is 2.29 bits per heavy atom. The molecule has 1 fully saturated rings. The van der Waals surface area contributed by atoms with Crippen LogP contribution in [0, 0.1) is 5.92 Å². The van der Waals surface area contributed by atoms with Crippen molar-refractivity contribution >= 4 is 23.2 Å². The summed E-state index contributed by atoms with van der Waals surface area (Å²) in [4.78, 5) is 27.7. The monoisotopic (exact) mass is 306 g/mol. The van der Waals surface area contributed by atoms with Crippen molar-refractivity contribution in [2.75, 3.05) is 0 Å². The molecule has 2 aromatic heterocycles. The van der Waals surface area contributed by atoms with Gasteiger partial charge in [0.1, 0.15) is 6.26 Å². The molecular weight excluding hydrogens is 292 g/mol. The number of aromatic nitrogens is 1. The highest BCUT2D eigenvalue weighted by Gasteiger charge is 2.35. The van der Waals surface area contributed by atoms with E-state index in [-0.39, 0.29) is 24.3 Å². The Morgan fingerprint density at radius 1 is 1.48 bits per heavy atom. The van der Waals surface area contributed by atoms with Crippen LogP contribution in [0.3, 0.4) is 0 Å². The van der Waals surface area contributed by atoms with Crippen LogP contribution in [0.2, 0.25) is 0 Å². The largest absolute Gasteiger partial charge is 0.481 e. The highest BCUT2D eigenvalue weighted by molar-refractivity contribution is 7.13. The normalized spacial score (nSPS) is 20.8. The second kappa shape index (κ2) is 5.69. The van der Waals surface area contributed by atoms with E-state index in [1.54, 1.807) is 0 Å². The first-order valence-electron chi connectivity index (χ1n) is 6.62. The minimum Gasteiger partial charge on any atom is -0.481 e. The Morgan fingerprint density at radius 3 is 2.95 bits per heavy atom. The molecule has 7 heteroatoms. The van der Waals surface area contributed by atoms with Crippen molar-refractivity contribution in [1.29, 1.82) is 0 Å². The quantitative estimate of drug-likeness (QED) is 0.880. The molecule has 0 bridgehead atoms. The van der Waals surface area contributed by atoms with Crippen molar-refractivity contribution < 1.29 is 19.1 Å². The van der Waals surface area contributed by atoms with Crippen LogP contribution in [-0.4, -0.2) is 28.0 Å². The Hall–Kier alpha value is -2.15. The topological polar surface area (TPSA) is 92.4 Å². The third-order valence-corrected chi connectivity index (χ3v) is 4.34. The summed E-state index contributed by atoms with van der Waals surface area (Å²) < 4.78 is 5.35. The van der Waals surface area contributed by atoms with Crippen LogP contribution in [0.5, 0.6) is 0 Å². The number of oxazole rings is 1. The number of amides is 1. The lowest BCUT2D eigenvalue weighted by Crippen LogP contribution is -2.47. The summed E-state index contributed by atoms with van der Waals surface area (Å²) in [7, 11) is 0. The van der Waals surface area contributed by atoms with Gasteiger partial charge >= 0.3 is 5.97 Å². The van der Waals surface area contributed by atoms with E-state index >= 15 is 0 Å². The molecule has 0 aliphatic heterocycles. The molecule has 2 heterocycles. The van der Waals surface area contributed by atoms with Gasteiger partial charge in [-0.15, -0.1) is 11.3 Å². The van der Waals surface area contributed by atoms with E-state index in [2.05, 4.69) is 10.3 Å². The maximum absolute atomic E-state index is 11.9. The third-order valence-electron chi connectivity index (χ3n) is 3.48. The molecule has 1 saturated carbocycles. The van der Waals surface area contributed by atoms with E-state index in [0.29, 0.717) is 24.4 Å². The SMILES string of the molecule is O=C(Cc1coc(-c2cccs2)n1)NC1CC(C(=O)O)C1. The molecule has 1 aliphatic carbocycles. The number of nitrogens with zero attached hydrogens (tertiary/aromatic N) is 1. The van der Waals surface area contributed by atoms with Crippen LogP contribution in [0.1, 0.15) is 18.5 Å². The Bertz CT molecular complexity index is 644. The van der Waals surface area contributed by atoms with Gasteiger partial charge in [0.05, 0.1) is 22.9 Å². The number of carbonyl (C=O) groups is 2. The minimum absolute atomic E-state index is 0.0396. The van der Waals surface area contributed by atoms with Gasteiger partial charge in [0.15, 0.2) is 0 Å². The van der Waals surface area contributed by atoms with Crippen molar-refractivity contribution in [3.05, 3.63) is 29.5 Å². The summed E-state index contributed by atoms with van der Waals surface area (Å²) in [5.74, 6) is -0.761. The average molecular weight is 306 g/mol. The average Bonchev–Trinajstić information content (AvgIpc) is 3.02. The molecular formula is C14H14N2O4S. The highest BCUT2D eigenvalue weighted by Crippen LogP contribution is 2.27. The molecule has 0 spiro atoms. The number of carboxylic acids is 1. The molecule has 110 valence electrons. The zero-order valence-electron chi connectivity index (χ0n) is 11.1. The standard InChI is InChI=1S/C14H14N2O4S/c17-12(15-9-4-8(5-9)14(18)19)6-10-7-20-13(16-10)11-2-1-3-21-11/h1-3,7-9H,4-6H2,(H,15,17)(H,18,19). The van der Waals surface area contributed by atoms with Crippen molar-refractivity contribution in [2.45, 2.75) is 25.3 Å². The smallest absolute Gasteiger partial charge is 0.306 e. The second-order valence-corrected chi connectivity index (χ2v) is 6.02. The second-order valence-electron chi connectivity index (χ2n) is 5.07. The fraction of sp³-hybridized carbons (Fsp3) is 0.357. The number of hydrogen-bond donors (Lipinski definition) is 2. The first-order chi connectivity index (χ1) is 10.1. The maximum Gasteiger partial charge on any atom is 0.306 e. The van der Waals surface area contributed by atoms with Gasteiger partial charge in [-0.3, -0.25) is 9.59 Å². The van der Waals surface area contributed by atoms with Crippen LogP contribution in [0.15, 0.2) is 28.2 Å². The van der Waals surface area contributed by atoms with Crippen LogP contribution in [-0.2, 0) is 16.0 Å². The van der Waals surface area contributed by atoms with E-state index in [1.807, 2.05) is 17.5 Å². The number of aliphatic carboxylic acids is 1. The summed E-state index contributed by atoms with van der Waals surface area (Å²) in [5.41, 5.74) is 0.574. The van der Waals surface area contributed by atoms with Crippen molar-refractivity contribution in [2.24, 2.45) is 5.92 Å². The van der Waals surface area contributed by atoms with Crippen molar-refractivity contribution in [1.82, 2.24) is 10.3 Å². The number of carbonyl (C=O) groups excluding carboxylic acids is 1. The summed E-state index contributed by atoms with van der Waals surface area (Å²) in [6.45, 7) is 0. The number of nitrogens with one attached hydrogen (secondary N) is 1. The molecule has 0 atom stereocenters. The molecule has 21 heavy (non-hydrogen) atoms.